The average Bonchev–Trinajstić information content (AvgIpc) is 2.05. The lowest BCUT2D eigenvalue weighted by Crippen LogP contribution is -2.08. The first-order valence-corrected chi connectivity index (χ1v) is 3.65. The minimum absolute atomic E-state index is 0.516. The Balaban J connectivity index is 2.41. The lowest BCUT2D eigenvalue weighted by atomic mass is 9.99. The highest BCUT2D eigenvalue weighted by molar-refractivity contribution is 6.32. The fraction of sp³-hybridized carbons (Fsp3) is 0.375. The van der Waals surface area contributed by atoms with Crippen molar-refractivity contribution in [2.75, 3.05) is 20.3 Å². The van der Waals surface area contributed by atoms with E-state index >= 15 is 0 Å². The molecule has 1 rings (SSSR count). The Morgan fingerprint density at radius 3 is 2.92 bits per heavy atom. The van der Waals surface area contributed by atoms with Crippen LogP contribution >= 0.6 is 0 Å². The molecule has 0 atom stereocenters. The van der Waals surface area contributed by atoms with Crippen LogP contribution in [0.5, 0.6) is 5.75 Å². The van der Waals surface area contributed by atoms with Gasteiger partial charge in [-0.1, -0.05) is 5.46 Å². The van der Waals surface area contributed by atoms with Gasteiger partial charge >= 0.3 is 0 Å². The number of aromatic nitrogens is 1. The highest BCUT2D eigenvalue weighted by atomic mass is 16.5. The SMILES string of the molecule is [B]c1cncc(OCCOC)c1. The second-order valence-corrected chi connectivity index (χ2v) is 2.30. The van der Waals surface area contributed by atoms with Crippen LogP contribution in [-0.2, 0) is 4.74 Å². The van der Waals surface area contributed by atoms with Crippen LogP contribution in [-0.4, -0.2) is 33.2 Å². The highest BCUT2D eigenvalue weighted by Gasteiger charge is 1.92. The van der Waals surface area contributed by atoms with Gasteiger partial charge in [-0.05, 0) is 6.07 Å². The summed E-state index contributed by atoms with van der Waals surface area (Å²) < 4.78 is 10.1. The van der Waals surface area contributed by atoms with Gasteiger partial charge in [0.15, 0.2) is 0 Å². The smallest absolute Gasteiger partial charge is 0.137 e. The van der Waals surface area contributed by atoms with Crippen molar-refractivity contribution in [2.24, 2.45) is 0 Å². The van der Waals surface area contributed by atoms with Crippen LogP contribution in [0.25, 0.3) is 0 Å². The summed E-state index contributed by atoms with van der Waals surface area (Å²) in [6.45, 7) is 1.08. The molecule has 62 valence electrons. The van der Waals surface area contributed by atoms with Gasteiger partial charge in [-0.2, -0.15) is 0 Å². The third-order valence-corrected chi connectivity index (χ3v) is 1.29. The van der Waals surface area contributed by atoms with Gasteiger partial charge in [0.05, 0.1) is 12.8 Å². The van der Waals surface area contributed by atoms with Gasteiger partial charge in [0, 0.05) is 13.3 Å². The first kappa shape index (κ1) is 9.07. The van der Waals surface area contributed by atoms with Gasteiger partial charge in [0.25, 0.3) is 0 Å². The summed E-state index contributed by atoms with van der Waals surface area (Å²) in [6, 6.07) is 1.72. The Morgan fingerprint density at radius 2 is 2.25 bits per heavy atom. The van der Waals surface area contributed by atoms with Crippen LogP contribution in [0.1, 0.15) is 0 Å². The van der Waals surface area contributed by atoms with Gasteiger partial charge in [0.1, 0.15) is 20.2 Å². The Hall–Kier alpha value is -1.03. The number of rotatable bonds is 4. The summed E-state index contributed by atoms with van der Waals surface area (Å²) in [5.74, 6) is 0.673. The zero-order chi connectivity index (χ0) is 8.81. The third-order valence-electron chi connectivity index (χ3n) is 1.29. The van der Waals surface area contributed by atoms with Crippen LogP contribution in [0.3, 0.4) is 0 Å². The molecule has 1 aromatic rings. The van der Waals surface area contributed by atoms with E-state index in [0.29, 0.717) is 24.4 Å². The van der Waals surface area contributed by atoms with Gasteiger partial charge < -0.3 is 9.47 Å². The van der Waals surface area contributed by atoms with E-state index in [2.05, 4.69) is 4.98 Å². The fourth-order valence-electron chi connectivity index (χ4n) is 0.757. The van der Waals surface area contributed by atoms with E-state index in [4.69, 9.17) is 17.3 Å². The predicted molar refractivity (Wildman–Crippen MR) is 47.0 cm³/mol. The van der Waals surface area contributed by atoms with Crippen LogP contribution in [0, 0.1) is 0 Å². The minimum Gasteiger partial charge on any atom is -0.490 e. The van der Waals surface area contributed by atoms with Gasteiger partial charge in [-0.3, -0.25) is 4.98 Å². The summed E-state index contributed by atoms with van der Waals surface area (Å²) in [5, 5.41) is 0. The maximum Gasteiger partial charge on any atom is 0.137 e. The molecule has 0 bridgehead atoms. The van der Waals surface area contributed by atoms with E-state index in [1.165, 1.54) is 0 Å². The Morgan fingerprint density at radius 1 is 1.42 bits per heavy atom. The third kappa shape index (κ3) is 2.92. The van der Waals surface area contributed by atoms with Crippen molar-refractivity contribution < 1.29 is 9.47 Å². The van der Waals surface area contributed by atoms with E-state index < -0.39 is 0 Å². The predicted octanol–water partition coefficient (Wildman–Crippen LogP) is -0.0994. The monoisotopic (exact) mass is 163 g/mol. The van der Waals surface area contributed by atoms with E-state index in [1.807, 2.05) is 0 Å². The molecule has 1 heterocycles. The van der Waals surface area contributed by atoms with E-state index in [9.17, 15) is 0 Å². The standard InChI is InChI=1S/C8H10BNO2/c1-11-2-3-12-8-4-7(9)5-10-6-8/h4-6H,2-3H2,1H3. The topological polar surface area (TPSA) is 31.4 Å². The molecule has 0 amide bonds. The van der Waals surface area contributed by atoms with Gasteiger partial charge in [-0.15, -0.1) is 0 Å². The summed E-state index contributed by atoms with van der Waals surface area (Å²) >= 11 is 0. The van der Waals surface area contributed by atoms with Crippen molar-refractivity contribution in [3.8, 4) is 5.75 Å². The van der Waals surface area contributed by atoms with Crippen LogP contribution < -0.4 is 10.2 Å². The molecule has 2 radical (unpaired) electrons. The average molecular weight is 163 g/mol. The molecular formula is C8H10BNO2. The van der Waals surface area contributed by atoms with Crippen LogP contribution in [0.2, 0.25) is 0 Å². The van der Waals surface area contributed by atoms with E-state index in [0.717, 1.165) is 0 Å². The second-order valence-electron chi connectivity index (χ2n) is 2.30. The van der Waals surface area contributed by atoms with Crippen LogP contribution in [0.4, 0.5) is 0 Å². The Kier molecular flexibility index (Phi) is 3.61. The van der Waals surface area contributed by atoms with E-state index in [-0.39, 0.29) is 0 Å². The maximum absolute atomic E-state index is 5.49. The van der Waals surface area contributed by atoms with Crippen molar-refractivity contribution in [3.05, 3.63) is 18.5 Å². The van der Waals surface area contributed by atoms with Crippen molar-refractivity contribution in [1.82, 2.24) is 4.98 Å². The normalized spacial score (nSPS) is 9.75. The molecule has 1 aromatic heterocycles. The molecule has 4 heteroatoms. The van der Waals surface area contributed by atoms with Crippen molar-refractivity contribution >= 4 is 13.3 Å². The molecule has 0 unspecified atom stereocenters. The molecule has 0 aliphatic carbocycles. The van der Waals surface area contributed by atoms with Crippen molar-refractivity contribution in [2.45, 2.75) is 0 Å². The molecule has 0 spiro atoms. The zero-order valence-corrected chi connectivity index (χ0v) is 6.99. The summed E-state index contributed by atoms with van der Waals surface area (Å²) in [4.78, 5) is 3.87. The maximum atomic E-state index is 5.49. The van der Waals surface area contributed by atoms with Crippen molar-refractivity contribution in [3.63, 3.8) is 0 Å². The van der Waals surface area contributed by atoms with E-state index in [1.54, 1.807) is 25.6 Å². The van der Waals surface area contributed by atoms with Crippen LogP contribution in [0.15, 0.2) is 18.5 Å². The molecule has 0 saturated heterocycles. The minimum atomic E-state index is 0.516. The molecule has 0 saturated carbocycles. The first-order valence-electron chi connectivity index (χ1n) is 3.65. The number of methoxy groups -OCH3 is 1. The van der Waals surface area contributed by atoms with Gasteiger partial charge in [-0.25, -0.2) is 0 Å². The quantitative estimate of drug-likeness (QED) is 0.458. The molecule has 3 nitrogen and oxygen atoms in total. The molecule has 0 N–H and O–H groups in total. The van der Waals surface area contributed by atoms with Gasteiger partial charge in [0.2, 0.25) is 0 Å². The summed E-state index contributed by atoms with van der Waals surface area (Å²) in [7, 11) is 7.12. The Labute approximate surface area is 73.1 Å². The second kappa shape index (κ2) is 4.77. The summed E-state index contributed by atoms with van der Waals surface area (Å²) in [5.41, 5.74) is 0.602. The Bertz CT molecular complexity index is 242. The molecule has 0 aliphatic heterocycles. The number of pyridine rings is 1. The number of hydrogen-bond donors (Lipinski definition) is 0. The largest absolute Gasteiger partial charge is 0.490 e. The lowest BCUT2D eigenvalue weighted by Gasteiger charge is -2.04. The van der Waals surface area contributed by atoms with Crippen molar-refractivity contribution in [1.29, 1.82) is 0 Å². The molecular weight excluding hydrogens is 153 g/mol. The number of ether oxygens (including phenoxy) is 2. The summed E-state index contributed by atoms with van der Waals surface area (Å²) in [6.07, 6.45) is 3.19. The molecule has 0 aromatic carbocycles. The molecule has 12 heavy (non-hydrogen) atoms. The fourth-order valence-corrected chi connectivity index (χ4v) is 0.757. The lowest BCUT2D eigenvalue weighted by molar-refractivity contribution is 0.146. The zero-order valence-electron chi connectivity index (χ0n) is 6.99. The number of nitrogens with zero attached hydrogens (tertiary/aromatic N) is 1. The number of hydrogen-bond acceptors (Lipinski definition) is 3. The molecule has 0 fully saturated rings. The molecule has 0 aliphatic rings. The highest BCUT2D eigenvalue weighted by Crippen LogP contribution is 2.03. The first-order chi connectivity index (χ1) is 5.83.